The van der Waals surface area contributed by atoms with Gasteiger partial charge in [-0.05, 0) is 55.5 Å². The van der Waals surface area contributed by atoms with E-state index in [2.05, 4.69) is 41.8 Å². The van der Waals surface area contributed by atoms with Gasteiger partial charge in [-0.2, -0.15) is 0 Å². The van der Waals surface area contributed by atoms with E-state index in [-0.39, 0.29) is 11.4 Å². The Morgan fingerprint density at radius 3 is 2.44 bits per heavy atom. The number of aryl methyl sites for hydroxylation is 2. The van der Waals surface area contributed by atoms with Gasteiger partial charge < -0.3 is 15.4 Å². The number of carbonyl (C=O) groups is 1. The average molecular weight is 338 g/mol. The minimum Gasteiger partial charge on any atom is -0.381 e. The molecule has 3 rings (SSSR count). The van der Waals surface area contributed by atoms with Gasteiger partial charge in [0, 0.05) is 30.9 Å². The summed E-state index contributed by atoms with van der Waals surface area (Å²) in [5.41, 5.74) is 4.42. The largest absolute Gasteiger partial charge is 0.381 e. The van der Waals surface area contributed by atoms with Gasteiger partial charge in [0.05, 0.1) is 0 Å². The summed E-state index contributed by atoms with van der Waals surface area (Å²) in [7, 11) is 0. The number of anilines is 1. The first-order chi connectivity index (χ1) is 12.1. The van der Waals surface area contributed by atoms with E-state index in [4.69, 9.17) is 4.74 Å². The minimum absolute atomic E-state index is 0.0555. The lowest BCUT2D eigenvalue weighted by Gasteiger charge is -2.38. The molecule has 1 aliphatic rings. The molecule has 0 radical (unpaired) electrons. The molecule has 2 aromatic carbocycles. The van der Waals surface area contributed by atoms with Crippen LogP contribution < -0.4 is 10.6 Å². The Labute approximate surface area is 149 Å². The number of amides is 2. The summed E-state index contributed by atoms with van der Waals surface area (Å²) in [5.74, 6) is 0. The van der Waals surface area contributed by atoms with E-state index < -0.39 is 0 Å². The molecule has 2 N–H and O–H groups in total. The molecule has 1 heterocycles. The van der Waals surface area contributed by atoms with Crippen molar-refractivity contribution in [1.29, 1.82) is 0 Å². The third-order valence-electron chi connectivity index (χ3n) is 5.19. The first-order valence-corrected chi connectivity index (χ1v) is 8.84. The van der Waals surface area contributed by atoms with Gasteiger partial charge in [-0.1, -0.05) is 36.4 Å². The van der Waals surface area contributed by atoms with E-state index in [0.717, 1.165) is 31.7 Å². The fraction of sp³-hybridized carbons (Fsp3) is 0.381. The zero-order valence-electron chi connectivity index (χ0n) is 15.0. The van der Waals surface area contributed by atoms with Gasteiger partial charge in [0.25, 0.3) is 0 Å². The SMILES string of the molecule is Cc1ccc(NC(=O)NCC2(c3ccccc3)CCOCC2)cc1C. The van der Waals surface area contributed by atoms with Crippen LogP contribution in [0.2, 0.25) is 0 Å². The molecule has 0 saturated carbocycles. The molecule has 0 unspecified atom stereocenters. The highest BCUT2D eigenvalue weighted by atomic mass is 16.5. The van der Waals surface area contributed by atoms with E-state index in [1.54, 1.807) is 0 Å². The third-order valence-corrected chi connectivity index (χ3v) is 5.19. The van der Waals surface area contributed by atoms with Gasteiger partial charge in [-0.25, -0.2) is 4.79 Å². The monoisotopic (exact) mass is 338 g/mol. The number of nitrogens with one attached hydrogen (secondary N) is 2. The standard InChI is InChI=1S/C21H26N2O2/c1-16-8-9-19(14-17(16)2)23-20(24)22-15-21(10-12-25-13-11-21)18-6-4-3-5-7-18/h3-9,14H,10-13,15H2,1-2H3,(H2,22,23,24). The predicted octanol–water partition coefficient (Wildman–Crippen LogP) is 4.17. The highest BCUT2D eigenvalue weighted by molar-refractivity contribution is 5.89. The Balaban J connectivity index is 1.66. The molecule has 1 fully saturated rings. The second-order valence-corrected chi connectivity index (χ2v) is 6.87. The van der Waals surface area contributed by atoms with Crippen LogP contribution in [0.1, 0.15) is 29.5 Å². The Morgan fingerprint density at radius 1 is 1.04 bits per heavy atom. The van der Waals surface area contributed by atoms with Crippen molar-refractivity contribution in [2.24, 2.45) is 0 Å². The molecule has 2 aromatic rings. The van der Waals surface area contributed by atoms with Crippen LogP contribution in [-0.4, -0.2) is 25.8 Å². The lowest BCUT2D eigenvalue weighted by molar-refractivity contribution is 0.0508. The first-order valence-electron chi connectivity index (χ1n) is 8.84. The zero-order chi connectivity index (χ0) is 17.7. The Hall–Kier alpha value is -2.33. The summed E-state index contributed by atoms with van der Waals surface area (Å²) in [6.45, 7) is 6.18. The van der Waals surface area contributed by atoms with Crippen LogP contribution in [0.4, 0.5) is 10.5 Å². The highest BCUT2D eigenvalue weighted by Gasteiger charge is 2.34. The topological polar surface area (TPSA) is 50.4 Å². The van der Waals surface area contributed by atoms with Crippen molar-refractivity contribution in [3.05, 3.63) is 65.2 Å². The van der Waals surface area contributed by atoms with Gasteiger partial charge in [-0.15, -0.1) is 0 Å². The first kappa shape index (κ1) is 17.5. The fourth-order valence-corrected chi connectivity index (χ4v) is 3.37. The van der Waals surface area contributed by atoms with Gasteiger partial charge in [0.1, 0.15) is 0 Å². The maximum Gasteiger partial charge on any atom is 0.319 e. The molecule has 0 spiro atoms. The van der Waals surface area contributed by atoms with E-state index in [1.807, 2.05) is 31.2 Å². The number of urea groups is 1. The Morgan fingerprint density at radius 2 is 1.76 bits per heavy atom. The number of hydrogen-bond acceptors (Lipinski definition) is 2. The molecule has 1 aliphatic heterocycles. The third kappa shape index (κ3) is 4.20. The van der Waals surface area contributed by atoms with E-state index >= 15 is 0 Å². The summed E-state index contributed by atoms with van der Waals surface area (Å²) in [5, 5.41) is 6.01. The Kier molecular flexibility index (Phi) is 5.39. The predicted molar refractivity (Wildman–Crippen MR) is 101 cm³/mol. The van der Waals surface area contributed by atoms with Gasteiger partial charge in [-0.3, -0.25) is 0 Å². The quantitative estimate of drug-likeness (QED) is 0.879. The van der Waals surface area contributed by atoms with Gasteiger partial charge >= 0.3 is 6.03 Å². The zero-order valence-corrected chi connectivity index (χ0v) is 15.0. The smallest absolute Gasteiger partial charge is 0.319 e. The number of benzene rings is 2. The van der Waals surface area contributed by atoms with Crippen molar-refractivity contribution in [2.45, 2.75) is 32.1 Å². The fourth-order valence-electron chi connectivity index (χ4n) is 3.37. The van der Waals surface area contributed by atoms with E-state index in [0.29, 0.717) is 6.54 Å². The number of ether oxygens (including phenoxy) is 1. The molecule has 0 atom stereocenters. The van der Waals surface area contributed by atoms with Crippen LogP contribution in [0.3, 0.4) is 0 Å². The summed E-state index contributed by atoms with van der Waals surface area (Å²) in [4.78, 5) is 12.4. The van der Waals surface area contributed by atoms with Crippen molar-refractivity contribution in [2.75, 3.05) is 25.1 Å². The molecule has 0 bridgehead atoms. The second kappa shape index (κ2) is 7.70. The molecule has 4 heteroatoms. The highest BCUT2D eigenvalue weighted by Crippen LogP contribution is 2.34. The molecule has 132 valence electrons. The van der Waals surface area contributed by atoms with Crippen LogP contribution in [0.5, 0.6) is 0 Å². The average Bonchev–Trinajstić information content (AvgIpc) is 2.65. The van der Waals surface area contributed by atoms with Crippen LogP contribution >= 0.6 is 0 Å². The van der Waals surface area contributed by atoms with Crippen molar-refractivity contribution in [1.82, 2.24) is 5.32 Å². The lowest BCUT2D eigenvalue weighted by Crippen LogP contribution is -2.45. The van der Waals surface area contributed by atoms with Crippen molar-refractivity contribution in [3.63, 3.8) is 0 Å². The molecule has 4 nitrogen and oxygen atoms in total. The molecule has 0 aliphatic carbocycles. The van der Waals surface area contributed by atoms with E-state index in [1.165, 1.54) is 16.7 Å². The molecule has 2 amide bonds. The van der Waals surface area contributed by atoms with E-state index in [9.17, 15) is 4.79 Å². The van der Waals surface area contributed by atoms with Crippen LogP contribution in [-0.2, 0) is 10.2 Å². The van der Waals surface area contributed by atoms with Crippen LogP contribution in [0, 0.1) is 13.8 Å². The summed E-state index contributed by atoms with van der Waals surface area (Å²) in [6.07, 6.45) is 1.84. The van der Waals surface area contributed by atoms with Crippen LogP contribution in [0.25, 0.3) is 0 Å². The Bertz CT molecular complexity index is 722. The summed E-state index contributed by atoms with van der Waals surface area (Å²) < 4.78 is 5.54. The van der Waals surface area contributed by atoms with Gasteiger partial charge in [0.2, 0.25) is 0 Å². The molecule has 0 aromatic heterocycles. The molecular weight excluding hydrogens is 312 g/mol. The maximum atomic E-state index is 12.4. The summed E-state index contributed by atoms with van der Waals surface area (Å²) in [6, 6.07) is 16.2. The molecule has 25 heavy (non-hydrogen) atoms. The van der Waals surface area contributed by atoms with Crippen LogP contribution in [0.15, 0.2) is 48.5 Å². The molecular formula is C21H26N2O2. The normalized spacial score (nSPS) is 16.2. The van der Waals surface area contributed by atoms with Gasteiger partial charge in [0.15, 0.2) is 0 Å². The van der Waals surface area contributed by atoms with Crippen molar-refractivity contribution < 1.29 is 9.53 Å². The summed E-state index contributed by atoms with van der Waals surface area (Å²) >= 11 is 0. The lowest BCUT2D eigenvalue weighted by atomic mass is 9.74. The number of rotatable bonds is 4. The second-order valence-electron chi connectivity index (χ2n) is 6.87. The van der Waals surface area contributed by atoms with Crippen molar-refractivity contribution >= 4 is 11.7 Å². The van der Waals surface area contributed by atoms with Crippen molar-refractivity contribution in [3.8, 4) is 0 Å². The molecule has 1 saturated heterocycles. The maximum absolute atomic E-state index is 12.4. The number of hydrogen-bond donors (Lipinski definition) is 2. The number of carbonyl (C=O) groups excluding carboxylic acids is 1. The minimum atomic E-state index is -0.162.